The molecule has 1 amide bonds. The van der Waals surface area contributed by atoms with Gasteiger partial charge in [0.05, 0.1) is 17.9 Å². The lowest BCUT2D eigenvalue weighted by atomic mass is 9.93. The lowest BCUT2D eigenvalue weighted by Gasteiger charge is -2.13. The number of amides is 1. The molecule has 0 unspecified atom stereocenters. The summed E-state index contributed by atoms with van der Waals surface area (Å²) in [6.07, 6.45) is -0.722. The van der Waals surface area contributed by atoms with Crippen LogP contribution in [0.15, 0.2) is 30.3 Å². The van der Waals surface area contributed by atoms with E-state index < -0.39 is 9.89 Å². The Morgan fingerprint density at radius 3 is 2.32 bits per heavy atom. The molecular formula is C17H20Cl3N3O2. The van der Waals surface area contributed by atoms with Crippen LogP contribution in [-0.2, 0) is 5.41 Å². The molecule has 8 heteroatoms. The van der Waals surface area contributed by atoms with Crippen molar-refractivity contribution in [2.75, 3.05) is 6.54 Å². The summed E-state index contributed by atoms with van der Waals surface area (Å²) in [5, 5.41) is 6.99. The third kappa shape index (κ3) is 5.80. The van der Waals surface area contributed by atoms with E-state index in [-0.39, 0.29) is 17.8 Å². The van der Waals surface area contributed by atoms with Crippen molar-refractivity contribution in [1.29, 1.82) is 0 Å². The molecule has 2 aromatic rings. The standard InChI is InChI=1S/C17H20Cl3N3O2/c1-11-5-7-12(8-6-11)23-14(9-13(22-23)16(2,3)4)25-15(24)21-10-17(18,19)20/h5-9H,10H2,1-4H3,(H,21,24). The van der Waals surface area contributed by atoms with Crippen LogP contribution in [0, 0.1) is 6.92 Å². The van der Waals surface area contributed by atoms with E-state index in [2.05, 4.69) is 10.4 Å². The van der Waals surface area contributed by atoms with Gasteiger partial charge in [0.25, 0.3) is 0 Å². The Hall–Kier alpha value is -1.43. The van der Waals surface area contributed by atoms with Crippen LogP contribution in [0.4, 0.5) is 4.79 Å². The molecule has 136 valence electrons. The highest BCUT2D eigenvalue weighted by atomic mass is 35.6. The minimum atomic E-state index is -1.59. The number of nitrogens with zero attached hydrogens (tertiary/aromatic N) is 2. The molecule has 1 aromatic carbocycles. The summed E-state index contributed by atoms with van der Waals surface area (Å²) in [5.74, 6) is 0.288. The molecular weight excluding hydrogens is 385 g/mol. The van der Waals surface area contributed by atoms with Crippen LogP contribution in [0.25, 0.3) is 5.69 Å². The van der Waals surface area contributed by atoms with Gasteiger partial charge in [0, 0.05) is 11.5 Å². The van der Waals surface area contributed by atoms with Gasteiger partial charge in [-0.1, -0.05) is 73.3 Å². The SMILES string of the molecule is Cc1ccc(-n2nc(C(C)(C)C)cc2OC(=O)NCC(Cl)(Cl)Cl)cc1. The number of hydrogen-bond acceptors (Lipinski definition) is 3. The first kappa shape index (κ1) is 19.9. The third-order valence-corrected chi connectivity index (χ3v) is 3.75. The van der Waals surface area contributed by atoms with E-state index in [4.69, 9.17) is 39.5 Å². The van der Waals surface area contributed by atoms with Gasteiger partial charge in [-0.05, 0) is 19.1 Å². The van der Waals surface area contributed by atoms with E-state index in [0.29, 0.717) is 0 Å². The molecule has 0 saturated carbocycles. The van der Waals surface area contributed by atoms with Crippen molar-refractivity contribution < 1.29 is 9.53 Å². The first-order chi connectivity index (χ1) is 11.5. The lowest BCUT2D eigenvalue weighted by Crippen LogP contribution is -2.34. The summed E-state index contributed by atoms with van der Waals surface area (Å²) in [6, 6.07) is 9.46. The fraction of sp³-hybridized carbons (Fsp3) is 0.412. The molecule has 0 radical (unpaired) electrons. The molecule has 1 heterocycles. The Bertz CT molecular complexity index is 744. The molecule has 0 aliphatic heterocycles. The number of ether oxygens (including phenoxy) is 1. The van der Waals surface area contributed by atoms with Gasteiger partial charge in [0.2, 0.25) is 9.67 Å². The smallest absolute Gasteiger partial charge is 0.391 e. The maximum atomic E-state index is 12.0. The quantitative estimate of drug-likeness (QED) is 0.737. The van der Waals surface area contributed by atoms with Crippen molar-refractivity contribution in [1.82, 2.24) is 15.1 Å². The van der Waals surface area contributed by atoms with Gasteiger partial charge in [-0.25, -0.2) is 9.48 Å². The van der Waals surface area contributed by atoms with Crippen LogP contribution in [0.5, 0.6) is 5.88 Å². The summed E-state index contributed by atoms with van der Waals surface area (Å²) in [5.41, 5.74) is 2.49. The van der Waals surface area contributed by atoms with E-state index in [9.17, 15) is 4.79 Å². The van der Waals surface area contributed by atoms with Gasteiger partial charge in [-0.2, -0.15) is 5.10 Å². The molecule has 0 atom stereocenters. The zero-order valence-electron chi connectivity index (χ0n) is 14.4. The highest BCUT2D eigenvalue weighted by molar-refractivity contribution is 6.67. The minimum absolute atomic E-state index is 0.165. The molecule has 25 heavy (non-hydrogen) atoms. The van der Waals surface area contributed by atoms with E-state index in [1.807, 2.05) is 52.0 Å². The van der Waals surface area contributed by atoms with Crippen LogP contribution in [-0.4, -0.2) is 26.2 Å². The van der Waals surface area contributed by atoms with Crippen LogP contribution in [0.1, 0.15) is 32.0 Å². The van der Waals surface area contributed by atoms with Gasteiger partial charge in [0.15, 0.2) is 0 Å². The van der Waals surface area contributed by atoms with Crippen molar-refractivity contribution in [3.05, 3.63) is 41.6 Å². The van der Waals surface area contributed by atoms with Crippen LogP contribution in [0.2, 0.25) is 0 Å². The number of alkyl halides is 3. The second-order valence-electron chi connectivity index (χ2n) is 6.72. The van der Waals surface area contributed by atoms with E-state index in [0.717, 1.165) is 16.9 Å². The van der Waals surface area contributed by atoms with Gasteiger partial charge >= 0.3 is 6.09 Å². The number of aryl methyl sites for hydroxylation is 1. The molecule has 0 saturated heterocycles. The molecule has 1 N–H and O–H groups in total. The van der Waals surface area contributed by atoms with E-state index in [1.54, 1.807) is 10.7 Å². The number of carbonyl (C=O) groups is 1. The molecule has 0 spiro atoms. The molecule has 2 rings (SSSR count). The van der Waals surface area contributed by atoms with Gasteiger partial charge in [-0.3, -0.25) is 0 Å². The van der Waals surface area contributed by atoms with Crippen molar-refractivity contribution in [3.63, 3.8) is 0 Å². The summed E-state index contributed by atoms with van der Waals surface area (Å²) in [4.78, 5) is 12.0. The van der Waals surface area contributed by atoms with Gasteiger partial charge < -0.3 is 10.1 Å². The number of rotatable bonds is 3. The van der Waals surface area contributed by atoms with Crippen molar-refractivity contribution >= 4 is 40.9 Å². The summed E-state index contributed by atoms with van der Waals surface area (Å²) >= 11 is 16.9. The molecule has 0 aliphatic carbocycles. The topological polar surface area (TPSA) is 56.2 Å². The highest BCUT2D eigenvalue weighted by Crippen LogP contribution is 2.28. The molecule has 0 fully saturated rings. The van der Waals surface area contributed by atoms with Crippen LogP contribution < -0.4 is 10.1 Å². The van der Waals surface area contributed by atoms with E-state index >= 15 is 0 Å². The molecule has 0 bridgehead atoms. The number of aromatic nitrogens is 2. The first-order valence-electron chi connectivity index (χ1n) is 7.66. The van der Waals surface area contributed by atoms with Gasteiger partial charge in [-0.15, -0.1) is 0 Å². The van der Waals surface area contributed by atoms with Gasteiger partial charge in [0.1, 0.15) is 0 Å². The highest BCUT2D eigenvalue weighted by Gasteiger charge is 2.24. The average Bonchev–Trinajstić information content (AvgIpc) is 2.89. The Morgan fingerprint density at radius 1 is 1.20 bits per heavy atom. The molecule has 5 nitrogen and oxygen atoms in total. The normalized spacial score (nSPS) is 12.1. The maximum Gasteiger partial charge on any atom is 0.414 e. The predicted molar refractivity (Wildman–Crippen MR) is 101 cm³/mol. The Morgan fingerprint density at radius 2 is 1.80 bits per heavy atom. The zero-order valence-corrected chi connectivity index (χ0v) is 16.7. The summed E-state index contributed by atoms with van der Waals surface area (Å²) < 4.78 is 5.36. The maximum absolute atomic E-state index is 12.0. The van der Waals surface area contributed by atoms with Crippen molar-refractivity contribution in [2.45, 2.75) is 36.9 Å². The second-order valence-corrected chi connectivity index (χ2v) is 9.24. The predicted octanol–water partition coefficient (Wildman–Crippen LogP) is 4.94. The van der Waals surface area contributed by atoms with Crippen molar-refractivity contribution in [3.8, 4) is 11.6 Å². The van der Waals surface area contributed by atoms with Crippen molar-refractivity contribution in [2.24, 2.45) is 0 Å². The minimum Gasteiger partial charge on any atom is -0.391 e. The second kappa shape index (κ2) is 7.44. The molecule has 1 aromatic heterocycles. The lowest BCUT2D eigenvalue weighted by molar-refractivity contribution is 0.197. The number of hydrogen-bond donors (Lipinski definition) is 1. The Balaban J connectivity index is 2.30. The van der Waals surface area contributed by atoms with Crippen LogP contribution in [0.3, 0.4) is 0 Å². The number of halogens is 3. The fourth-order valence-corrected chi connectivity index (χ4v) is 2.18. The molecule has 0 aliphatic rings. The summed E-state index contributed by atoms with van der Waals surface area (Å²) in [6.45, 7) is 7.92. The average molecular weight is 405 g/mol. The summed E-state index contributed by atoms with van der Waals surface area (Å²) in [7, 11) is 0. The fourth-order valence-electron chi connectivity index (χ4n) is 1.98. The number of carbonyl (C=O) groups excluding carboxylic acids is 1. The third-order valence-electron chi connectivity index (χ3n) is 3.35. The van der Waals surface area contributed by atoms with E-state index in [1.165, 1.54) is 0 Å². The zero-order chi connectivity index (χ0) is 18.8. The largest absolute Gasteiger partial charge is 0.414 e. The van der Waals surface area contributed by atoms with Crippen LogP contribution >= 0.6 is 34.8 Å². The number of benzene rings is 1. The first-order valence-corrected chi connectivity index (χ1v) is 8.79. The Labute approximate surface area is 162 Å². The Kier molecular flexibility index (Phi) is 5.92. The number of nitrogens with one attached hydrogen (secondary N) is 1. The monoisotopic (exact) mass is 403 g/mol.